The van der Waals surface area contributed by atoms with Crippen LogP contribution < -0.4 is 14.8 Å². The Morgan fingerprint density at radius 2 is 1.73 bits per heavy atom. The van der Waals surface area contributed by atoms with Gasteiger partial charge in [0.05, 0.1) is 24.2 Å². The van der Waals surface area contributed by atoms with Crippen molar-refractivity contribution in [2.75, 3.05) is 32.4 Å². The van der Waals surface area contributed by atoms with Crippen LogP contribution in [-0.4, -0.2) is 61.3 Å². The minimum Gasteiger partial charge on any atom is -0.468 e. The molecule has 2 aliphatic rings. The molecule has 0 radical (unpaired) electrons. The van der Waals surface area contributed by atoms with Crippen LogP contribution >= 0.6 is 0 Å². The number of nitrogens with one attached hydrogen (secondary N) is 1. The second kappa shape index (κ2) is 13.8. The van der Waals surface area contributed by atoms with Crippen LogP contribution in [0, 0.1) is 28.5 Å². The Hall–Kier alpha value is -3.85. The maximum atomic E-state index is 17.0. The normalized spacial score (nSPS) is 15.6. The number of hydrogen-bond acceptors (Lipinski definition) is 8. The lowest BCUT2D eigenvalue weighted by Gasteiger charge is -2.38. The summed E-state index contributed by atoms with van der Waals surface area (Å²) in [5.74, 6) is 2.97. The molecule has 0 aliphatic heterocycles. The Kier molecular flexibility index (Phi) is 9.86. The first-order valence-electron chi connectivity index (χ1n) is 17.2. The molecular weight excluding hydrogens is 643 g/mol. The maximum absolute atomic E-state index is 17.0. The highest BCUT2D eigenvalue weighted by molar-refractivity contribution is 6.90. The van der Waals surface area contributed by atoms with Gasteiger partial charge in [-0.1, -0.05) is 53.5 Å². The van der Waals surface area contributed by atoms with E-state index in [1.807, 2.05) is 0 Å². The number of hydrogen-bond donors (Lipinski definition) is 2. The van der Waals surface area contributed by atoms with Gasteiger partial charge in [0.2, 0.25) is 0 Å². The van der Waals surface area contributed by atoms with Crippen molar-refractivity contribution in [3.8, 4) is 34.5 Å². The second-order valence-electron chi connectivity index (χ2n) is 14.6. The summed E-state index contributed by atoms with van der Waals surface area (Å²) in [7, 11) is -0.730. The zero-order valence-electron chi connectivity index (χ0n) is 29.4. The van der Waals surface area contributed by atoms with E-state index in [4.69, 9.17) is 14.2 Å². The molecule has 0 unspecified atom stereocenters. The van der Waals surface area contributed by atoms with Crippen molar-refractivity contribution in [1.82, 2.24) is 15.0 Å². The summed E-state index contributed by atoms with van der Waals surface area (Å²) < 4.78 is 49.9. The number of aromatic nitrogens is 3. The fourth-order valence-electron chi connectivity index (χ4n) is 7.10. The third kappa shape index (κ3) is 6.83. The third-order valence-corrected chi connectivity index (χ3v) is 16.6. The summed E-state index contributed by atoms with van der Waals surface area (Å²) in [5, 5.41) is 14.7. The van der Waals surface area contributed by atoms with Gasteiger partial charge in [0, 0.05) is 35.7 Å². The fraction of sp³-hybridized carbons (Fsp3) is 0.500. The standard InChI is InChI=1S/C38H46F2N4O4Si/c1-22(2)49(23(3)4,24(5)6)15-12-28-31(39)11-8-25-16-27(48-21-46-7)17-29(32(25)28)34-33(40)35-30(18-41-34)36(42-26-9-10-26)44-37(43-35)47-20-38(19-45)13-14-38/h8,11,16-18,22-24,26,45H,9-10,13-14,19-21H2,1-7H3,(H,42,43,44). The van der Waals surface area contributed by atoms with Crippen LogP contribution in [0.15, 0.2) is 30.5 Å². The summed E-state index contributed by atoms with van der Waals surface area (Å²) in [6, 6.07) is 6.72. The minimum absolute atomic E-state index is 0.00164. The Bertz CT molecular complexity index is 1910. The van der Waals surface area contributed by atoms with Gasteiger partial charge in [-0.2, -0.15) is 9.97 Å². The summed E-state index contributed by atoms with van der Waals surface area (Å²) >= 11 is 0. The van der Waals surface area contributed by atoms with Crippen molar-refractivity contribution >= 4 is 35.6 Å². The maximum Gasteiger partial charge on any atom is 0.319 e. The number of rotatable bonds is 13. The van der Waals surface area contributed by atoms with Gasteiger partial charge in [-0.3, -0.25) is 4.98 Å². The lowest BCUT2D eigenvalue weighted by atomic mass is 9.95. The molecular formula is C38H46F2N4O4Si. The monoisotopic (exact) mass is 688 g/mol. The zero-order valence-corrected chi connectivity index (χ0v) is 30.4. The highest BCUT2D eigenvalue weighted by atomic mass is 28.3. The van der Waals surface area contributed by atoms with Crippen LogP contribution in [0.5, 0.6) is 11.8 Å². The van der Waals surface area contributed by atoms with Crippen molar-refractivity contribution in [3.63, 3.8) is 0 Å². The molecule has 2 aromatic carbocycles. The average Bonchev–Trinajstić information content (AvgIpc) is 4.01. The van der Waals surface area contributed by atoms with Crippen LogP contribution in [0.3, 0.4) is 0 Å². The first-order valence-corrected chi connectivity index (χ1v) is 19.4. The van der Waals surface area contributed by atoms with E-state index in [1.54, 1.807) is 24.4 Å². The first kappa shape index (κ1) is 35.0. The van der Waals surface area contributed by atoms with Gasteiger partial charge >= 0.3 is 6.01 Å². The Balaban J connectivity index is 1.57. The molecule has 2 heterocycles. The van der Waals surface area contributed by atoms with E-state index in [1.165, 1.54) is 13.2 Å². The van der Waals surface area contributed by atoms with Gasteiger partial charge < -0.3 is 24.6 Å². The lowest BCUT2D eigenvalue weighted by Crippen LogP contribution is -2.43. The number of fused-ring (bicyclic) bond motifs is 2. The molecule has 2 N–H and O–H groups in total. The van der Waals surface area contributed by atoms with E-state index in [0.717, 1.165) is 25.7 Å². The van der Waals surface area contributed by atoms with Gasteiger partial charge in [0.15, 0.2) is 12.6 Å². The van der Waals surface area contributed by atoms with Crippen LogP contribution in [0.1, 0.15) is 72.8 Å². The van der Waals surface area contributed by atoms with Crippen molar-refractivity contribution in [1.29, 1.82) is 0 Å². The molecule has 0 saturated heterocycles. The number of methoxy groups -OCH3 is 1. The predicted octanol–water partition coefficient (Wildman–Crippen LogP) is 8.40. The zero-order chi connectivity index (χ0) is 35.1. The average molecular weight is 689 g/mol. The first-order chi connectivity index (χ1) is 23.4. The van der Waals surface area contributed by atoms with Gasteiger partial charge in [0.25, 0.3) is 0 Å². The van der Waals surface area contributed by atoms with Crippen molar-refractivity contribution in [3.05, 3.63) is 47.7 Å². The number of aliphatic hydroxyl groups excluding tert-OH is 1. The summed E-state index contributed by atoms with van der Waals surface area (Å²) in [6.45, 7) is 13.5. The van der Waals surface area contributed by atoms with Crippen LogP contribution in [0.2, 0.25) is 16.6 Å². The predicted molar refractivity (Wildman–Crippen MR) is 192 cm³/mol. The molecule has 0 atom stereocenters. The Morgan fingerprint density at radius 1 is 1.02 bits per heavy atom. The smallest absolute Gasteiger partial charge is 0.319 e. The van der Waals surface area contributed by atoms with Crippen LogP contribution in [0.4, 0.5) is 14.6 Å². The van der Waals surface area contributed by atoms with Crippen molar-refractivity contribution in [2.45, 2.75) is 89.9 Å². The van der Waals surface area contributed by atoms with Gasteiger partial charge in [-0.15, -0.1) is 5.54 Å². The van der Waals surface area contributed by atoms with E-state index in [9.17, 15) is 5.11 Å². The molecule has 0 spiro atoms. The molecule has 260 valence electrons. The fourth-order valence-corrected chi connectivity index (χ4v) is 12.3. The van der Waals surface area contributed by atoms with Crippen LogP contribution in [0.25, 0.3) is 32.9 Å². The molecule has 11 heteroatoms. The molecule has 0 bridgehead atoms. The number of halogens is 2. The van der Waals surface area contributed by atoms with E-state index in [2.05, 4.69) is 73.3 Å². The van der Waals surface area contributed by atoms with Crippen molar-refractivity contribution < 1.29 is 28.1 Å². The van der Waals surface area contributed by atoms with E-state index < -0.39 is 19.7 Å². The molecule has 8 nitrogen and oxygen atoms in total. The molecule has 2 aliphatic carbocycles. The van der Waals surface area contributed by atoms with Crippen LogP contribution in [-0.2, 0) is 4.74 Å². The molecule has 2 aromatic heterocycles. The number of benzene rings is 2. The topological polar surface area (TPSA) is 98.6 Å². The number of anilines is 1. The summed E-state index contributed by atoms with van der Waals surface area (Å²) in [4.78, 5) is 13.7. The number of aliphatic hydroxyl groups is 1. The highest BCUT2D eigenvalue weighted by Gasteiger charge is 2.43. The Morgan fingerprint density at radius 3 is 2.35 bits per heavy atom. The molecule has 6 rings (SSSR count). The molecule has 4 aromatic rings. The lowest BCUT2D eigenvalue weighted by molar-refractivity contribution is 0.0512. The van der Waals surface area contributed by atoms with E-state index in [-0.39, 0.29) is 54.2 Å². The quantitative estimate of drug-likeness (QED) is 0.0821. The SMILES string of the molecule is COCOc1cc(-c2ncc3c(NC4CC4)nc(OCC4(CO)CC4)nc3c2F)c2c(C#C[Si](C(C)C)(C(C)C)C(C)C)c(F)ccc2c1. The number of nitrogens with zero attached hydrogens (tertiary/aromatic N) is 3. The van der Waals surface area contributed by atoms with Crippen molar-refractivity contribution in [2.24, 2.45) is 5.41 Å². The van der Waals surface area contributed by atoms with Gasteiger partial charge in [-0.05, 0) is 65.9 Å². The molecule has 0 amide bonds. The van der Waals surface area contributed by atoms with Gasteiger partial charge in [-0.25, -0.2) is 8.78 Å². The summed E-state index contributed by atoms with van der Waals surface area (Å²) in [5.41, 5.74) is 4.89. The largest absolute Gasteiger partial charge is 0.468 e. The van der Waals surface area contributed by atoms with E-state index >= 15 is 8.78 Å². The Labute approximate surface area is 288 Å². The minimum atomic E-state index is -2.25. The number of pyridine rings is 1. The third-order valence-electron chi connectivity index (χ3n) is 10.3. The summed E-state index contributed by atoms with van der Waals surface area (Å²) in [6.07, 6.45) is 5.20. The van der Waals surface area contributed by atoms with E-state index in [0.29, 0.717) is 49.9 Å². The molecule has 2 fully saturated rings. The molecule has 49 heavy (non-hydrogen) atoms. The van der Waals surface area contributed by atoms with Gasteiger partial charge in [0.1, 0.15) is 36.7 Å². The number of ether oxygens (including phenoxy) is 3. The highest BCUT2D eigenvalue weighted by Crippen LogP contribution is 2.46. The second-order valence-corrected chi connectivity index (χ2v) is 20.2. The molecule has 2 saturated carbocycles.